The van der Waals surface area contributed by atoms with Crippen LogP contribution in [0.15, 0.2) is 67.3 Å². The first-order valence-corrected chi connectivity index (χ1v) is 7.96. The molecule has 4 heteroatoms. The highest BCUT2D eigenvalue weighted by Gasteiger charge is 2.47. The van der Waals surface area contributed by atoms with Gasteiger partial charge in [0, 0.05) is 13.1 Å². The van der Waals surface area contributed by atoms with Gasteiger partial charge in [-0.15, -0.1) is 6.58 Å². The molecule has 4 nitrogen and oxygen atoms in total. The van der Waals surface area contributed by atoms with Crippen LogP contribution in [-0.2, 0) is 16.1 Å². The summed E-state index contributed by atoms with van der Waals surface area (Å²) in [6.07, 6.45) is 1.20. The molecule has 1 fully saturated rings. The minimum absolute atomic E-state index is 0.000397. The Kier molecular flexibility index (Phi) is 4.96. The lowest BCUT2D eigenvalue weighted by molar-refractivity contribution is -0.132. The van der Waals surface area contributed by atoms with Crippen molar-refractivity contribution >= 4 is 5.91 Å². The number of nitrogens with zero attached hydrogens (tertiary/aromatic N) is 1. The standard InChI is InChI=1S/C20H21NO3/c1-3-13-21(14-15-9-11-17(23-2)12-10-15)20(22)19-18(24-19)16-7-5-4-6-8-16/h3-12,18-19H,1,13-14H2,2H3/t18-,19+/m0/s1. The Morgan fingerprint density at radius 1 is 1.21 bits per heavy atom. The summed E-state index contributed by atoms with van der Waals surface area (Å²) in [5, 5.41) is 0. The Bertz CT molecular complexity index is 697. The third kappa shape index (κ3) is 3.66. The summed E-state index contributed by atoms with van der Waals surface area (Å²) in [6, 6.07) is 17.6. The highest BCUT2D eigenvalue weighted by molar-refractivity contribution is 5.84. The number of rotatable bonds is 7. The number of hydrogen-bond donors (Lipinski definition) is 0. The molecule has 1 aliphatic heterocycles. The zero-order valence-electron chi connectivity index (χ0n) is 13.7. The van der Waals surface area contributed by atoms with E-state index in [4.69, 9.17) is 9.47 Å². The fourth-order valence-electron chi connectivity index (χ4n) is 2.72. The lowest BCUT2D eigenvalue weighted by atomic mass is 10.1. The van der Waals surface area contributed by atoms with E-state index in [2.05, 4.69) is 6.58 Å². The first-order valence-electron chi connectivity index (χ1n) is 7.96. The second kappa shape index (κ2) is 7.32. The number of hydrogen-bond acceptors (Lipinski definition) is 3. The summed E-state index contributed by atoms with van der Waals surface area (Å²) in [4.78, 5) is 14.5. The Morgan fingerprint density at radius 3 is 2.54 bits per heavy atom. The van der Waals surface area contributed by atoms with E-state index < -0.39 is 6.10 Å². The van der Waals surface area contributed by atoms with Gasteiger partial charge in [-0.25, -0.2) is 0 Å². The molecule has 1 saturated heterocycles. The molecule has 1 aliphatic rings. The average molecular weight is 323 g/mol. The number of epoxide rings is 1. The molecular formula is C20H21NO3. The van der Waals surface area contributed by atoms with Gasteiger partial charge in [-0.05, 0) is 23.3 Å². The molecule has 3 rings (SSSR count). The van der Waals surface area contributed by atoms with Crippen molar-refractivity contribution in [3.05, 3.63) is 78.4 Å². The van der Waals surface area contributed by atoms with E-state index in [0.29, 0.717) is 13.1 Å². The van der Waals surface area contributed by atoms with Gasteiger partial charge in [-0.2, -0.15) is 0 Å². The smallest absolute Gasteiger partial charge is 0.255 e. The first-order chi connectivity index (χ1) is 11.7. The summed E-state index contributed by atoms with van der Waals surface area (Å²) >= 11 is 0. The van der Waals surface area contributed by atoms with Crippen LogP contribution in [0, 0.1) is 0 Å². The number of ether oxygens (including phenoxy) is 2. The van der Waals surface area contributed by atoms with Crippen LogP contribution in [0.4, 0.5) is 0 Å². The number of carbonyl (C=O) groups excluding carboxylic acids is 1. The van der Waals surface area contributed by atoms with Crippen molar-refractivity contribution in [2.75, 3.05) is 13.7 Å². The van der Waals surface area contributed by atoms with E-state index in [1.54, 1.807) is 18.1 Å². The maximum Gasteiger partial charge on any atom is 0.255 e. The van der Waals surface area contributed by atoms with Crippen molar-refractivity contribution in [1.82, 2.24) is 4.90 Å². The molecule has 0 bridgehead atoms. The highest BCUT2D eigenvalue weighted by Crippen LogP contribution is 2.39. The summed E-state index contributed by atoms with van der Waals surface area (Å²) < 4.78 is 10.8. The molecule has 0 radical (unpaired) electrons. The van der Waals surface area contributed by atoms with Gasteiger partial charge in [0.2, 0.25) is 0 Å². The predicted octanol–water partition coefficient (Wildman–Crippen LogP) is 3.35. The Hall–Kier alpha value is -2.59. The van der Waals surface area contributed by atoms with E-state index in [-0.39, 0.29) is 12.0 Å². The molecule has 0 unspecified atom stereocenters. The quantitative estimate of drug-likeness (QED) is 0.580. The number of methoxy groups -OCH3 is 1. The molecule has 1 heterocycles. The van der Waals surface area contributed by atoms with Crippen molar-refractivity contribution in [1.29, 1.82) is 0 Å². The van der Waals surface area contributed by atoms with Gasteiger partial charge in [0.1, 0.15) is 11.9 Å². The third-order valence-electron chi connectivity index (χ3n) is 4.06. The molecule has 2 aromatic carbocycles. The van der Waals surface area contributed by atoms with Crippen LogP contribution in [0.25, 0.3) is 0 Å². The van der Waals surface area contributed by atoms with Crippen molar-refractivity contribution in [3.63, 3.8) is 0 Å². The van der Waals surface area contributed by atoms with E-state index >= 15 is 0 Å². The second-order valence-electron chi connectivity index (χ2n) is 5.74. The molecule has 1 amide bonds. The molecule has 24 heavy (non-hydrogen) atoms. The van der Waals surface area contributed by atoms with Gasteiger partial charge in [-0.1, -0.05) is 48.5 Å². The van der Waals surface area contributed by atoms with Gasteiger partial charge >= 0.3 is 0 Å². The molecule has 0 aromatic heterocycles. The van der Waals surface area contributed by atoms with Crippen LogP contribution in [-0.4, -0.2) is 30.6 Å². The second-order valence-corrected chi connectivity index (χ2v) is 5.74. The highest BCUT2D eigenvalue weighted by atomic mass is 16.6. The largest absolute Gasteiger partial charge is 0.497 e. The number of benzene rings is 2. The van der Waals surface area contributed by atoms with Gasteiger partial charge < -0.3 is 14.4 Å². The number of carbonyl (C=O) groups is 1. The lowest BCUT2D eigenvalue weighted by Gasteiger charge is -2.20. The molecule has 0 aliphatic carbocycles. The van der Waals surface area contributed by atoms with Crippen LogP contribution >= 0.6 is 0 Å². The van der Waals surface area contributed by atoms with Gasteiger partial charge in [-0.3, -0.25) is 4.79 Å². The zero-order chi connectivity index (χ0) is 16.9. The maximum atomic E-state index is 12.7. The van der Waals surface area contributed by atoms with Crippen LogP contribution in [0.5, 0.6) is 5.75 Å². The Morgan fingerprint density at radius 2 is 1.92 bits per heavy atom. The Balaban J connectivity index is 1.66. The van der Waals surface area contributed by atoms with Gasteiger partial charge in [0.25, 0.3) is 5.91 Å². The summed E-state index contributed by atoms with van der Waals surface area (Å²) in [5.41, 5.74) is 2.08. The fourth-order valence-corrected chi connectivity index (χ4v) is 2.72. The van der Waals surface area contributed by atoms with Crippen LogP contribution in [0.2, 0.25) is 0 Å². The molecule has 124 valence electrons. The van der Waals surface area contributed by atoms with Crippen LogP contribution in [0.3, 0.4) is 0 Å². The van der Waals surface area contributed by atoms with Crippen LogP contribution < -0.4 is 4.74 Å². The van der Waals surface area contributed by atoms with Crippen molar-refractivity contribution in [2.45, 2.75) is 18.8 Å². The Labute approximate surface area is 142 Å². The SMILES string of the molecule is C=CCN(Cc1ccc(OC)cc1)C(=O)[C@@H]1O[C@H]1c1ccccc1. The van der Waals surface area contributed by atoms with E-state index in [1.165, 1.54) is 0 Å². The van der Waals surface area contributed by atoms with E-state index in [1.807, 2.05) is 54.6 Å². The van der Waals surface area contributed by atoms with Gasteiger partial charge in [0.15, 0.2) is 6.10 Å². The van der Waals surface area contributed by atoms with Crippen molar-refractivity contribution < 1.29 is 14.3 Å². The predicted molar refractivity (Wildman–Crippen MR) is 92.7 cm³/mol. The summed E-state index contributed by atoms with van der Waals surface area (Å²) in [6.45, 7) is 4.77. The molecule has 2 aromatic rings. The minimum Gasteiger partial charge on any atom is -0.497 e. The monoisotopic (exact) mass is 323 g/mol. The minimum atomic E-state index is -0.398. The molecule has 0 N–H and O–H groups in total. The normalized spacial score (nSPS) is 18.7. The van der Waals surface area contributed by atoms with E-state index in [9.17, 15) is 4.79 Å². The fraction of sp³-hybridized carbons (Fsp3) is 0.250. The van der Waals surface area contributed by atoms with Crippen molar-refractivity contribution in [2.24, 2.45) is 0 Å². The number of amides is 1. The van der Waals surface area contributed by atoms with Gasteiger partial charge in [0.05, 0.1) is 7.11 Å². The lowest BCUT2D eigenvalue weighted by Crippen LogP contribution is -2.34. The molecule has 2 atom stereocenters. The summed E-state index contributed by atoms with van der Waals surface area (Å²) in [5.74, 6) is 0.801. The zero-order valence-corrected chi connectivity index (χ0v) is 13.7. The van der Waals surface area contributed by atoms with Crippen molar-refractivity contribution in [3.8, 4) is 5.75 Å². The van der Waals surface area contributed by atoms with Crippen LogP contribution in [0.1, 0.15) is 17.2 Å². The average Bonchev–Trinajstić information content (AvgIpc) is 3.43. The molecular weight excluding hydrogens is 302 g/mol. The topological polar surface area (TPSA) is 42.1 Å². The van der Waals surface area contributed by atoms with E-state index in [0.717, 1.165) is 16.9 Å². The summed E-state index contributed by atoms with van der Waals surface area (Å²) in [7, 11) is 1.64. The third-order valence-corrected chi connectivity index (χ3v) is 4.06. The maximum absolute atomic E-state index is 12.7. The molecule has 0 saturated carbocycles. The molecule has 0 spiro atoms. The first kappa shape index (κ1) is 16.3.